The maximum Gasteiger partial charge on any atom is 0.293 e. The summed E-state index contributed by atoms with van der Waals surface area (Å²) in [5.41, 5.74) is 0.982. The first-order chi connectivity index (χ1) is 11.5. The number of nitro benzene ring substituents is 1. The van der Waals surface area contributed by atoms with Crippen molar-refractivity contribution in [3.8, 4) is 0 Å². The van der Waals surface area contributed by atoms with Gasteiger partial charge < -0.3 is 15.5 Å². The zero-order valence-corrected chi connectivity index (χ0v) is 14.0. The van der Waals surface area contributed by atoms with Crippen molar-refractivity contribution in [3.05, 3.63) is 33.9 Å². The van der Waals surface area contributed by atoms with Gasteiger partial charge in [-0.1, -0.05) is 6.92 Å². The molecule has 1 atom stereocenters. The third-order valence-corrected chi connectivity index (χ3v) is 4.95. The zero-order valence-electron chi connectivity index (χ0n) is 14.0. The smallest absolute Gasteiger partial charge is 0.293 e. The number of anilines is 1. The van der Waals surface area contributed by atoms with Gasteiger partial charge in [0.25, 0.3) is 11.6 Å². The standard InChI is InChI=1S/C17H24N4O3/c1-12-5-8-20(9-6-12)15-3-2-13(10-16(15)21(23)24)17(22)19-14-4-7-18-11-14/h2-3,10,12,14,18H,4-9,11H2,1H3,(H,19,22). The number of nitro groups is 1. The van der Waals surface area contributed by atoms with Crippen molar-refractivity contribution >= 4 is 17.3 Å². The van der Waals surface area contributed by atoms with Crippen LogP contribution in [-0.2, 0) is 0 Å². The van der Waals surface area contributed by atoms with Gasteiger partial charge in [0.15, 0.2) is 0 Å². The Bertz CT molecular complexity index is 620. The first-order valence-corrected chi connectivity index (χ1v) is 8.59. The molecule has 1 unspecified atom stereocenters. The quantitative estimate of drug-likeness (QED) is 0.650. The van der Waals surface area contributed by atoms with Crippen LogP contribution in [-0.4, -0.2) is 43.1 Å². The Balaban J connectivity index is 1.79. The van der Waals surface area contributed by atoms with E-state index >= 15 is 0 Å². The monoisotopic (exact) mass is 332 g/mol. The molecule has 0 bridgehead atoms. The van der Waals surface area contributed by atoms with Gasteiger partial charge in [0, 0.05) is 37.3 Å². The van der Waals surface area contributed by atoms with Gasteiger partial charge in [-0.15, -0.1) is 0 Å². The lowest BCUT2D eigenvalue weighted by molar-refractivity contribution is -0.384. The molecule has 2 aliphatic rings. The van der Waals surface area contributed by atoms with Crippen molar-refractivity contribution in [1.29, 1.82) is 0 Å². The summed E-state index contributed by atoms with van der Waals surface area (Å²) in [7, 11) is 0. The summed E-state index contributed by atoms with van der Waals surface area (Å²) in [5, 5.41) is 17.6. The summed E-state index contributed by atoms with van der Waals surface area (Å²) in [4.78, 5) is 25.5. The lowest BCUT2D eigenvalue weighted by Crippen LogP contribution is -2.36. The third-order valence-electron chi connectivity index (χ3n) is 4.95. The minimum absolute atomic E-state index is 0.0155. The van der Waals surface area contributed by atoms with Crippen LogP contribution in [0.4, 0.5) is 11.4 Å². The Kier molecular flexibility index (Phi) is 4.99. The highest BCUT2D eigenvalue weighted by atomic mass is 16.6. The summed E-state index contributed by atoms with van der Waals surface area (Å²) in [6.45, 7) is 5.48. The van der Waals surface area contributed by atoms with Gasteiger partial charge in [0.05, 0.1) is 4.92 Å². The van der Waals surface area contributed by atoms with Crippen LogP contribution >= 0.6 is 0 Å². The van der Waals surface area contributed by atoms with E-state index in [0.717, 1.165) is 45.4 Å². The Morgan fingerprint density at radius 2 is 2.08 bits per heavy atom. The van der Waals surface area contributed by atoms with Crippen molar-refractivity contribution < 1.29 is 9.72 Å². The number of piperidine rings is 1. The molecular formula is C17H24N4O3. The van der Waals surface area contributed by atoms with Gasteiger partial charge in [-0.05, 0) is 43.9 Å². The first kappa shape index (κ1) is 16.7. The average Bonchev–Trinajstić information content (AvgIpc) is 3.08. The predicted octanol–water partition coefficient (Wildman–Crippen LogP) is 1.92. The van der Waals surface area contributed by atoms with Gasteiger partial charge >= 0.3 is 0 Å². The molecule has 1 aromatic carbocycles. The van der Waals surface area contributed by atoms with Gasteiger partial charge in [-0.3, -0.25) is 14.9 Å². The number of benzene rings is 1. The first-order valence-electron chi connectivity index (χ1n) is 8.59. The second-order valence-electron chi connectivity index (χ2n) is 6.79. The molecule has 3 rings (SSSR count). The molecule has 7 nitrogen and oxygen atoms in total. The average molecular weight is 332 g/mol. The van der Waals surface area contributed by atoms with Crippen LogP contribution in [0.15, 0.2) is 18.2 Å². The van der Waals surface area contributed by atoms with E-state index in [-0.39, 0.29) is 22.6 Å². The lowest BCUT2D eigenvalue weighted by Gasteiger charge is -2.31. The summed E-state index contributed by atoms with van der Waals surface area (Å²) < 4.78 is 0. The fourth-order valence-electron chi connectivity index (χ4n) is 3.37. The Morgan fingerprint density at radius 3 is 2.71 bits per heavy atom. The summed E-state index contributed by atoms with van der Waals surface area (Å²) in [6, 6.07) is 4.92. The van der Waals surface area contributed by atoms with E-state index in [1.54, 1.807) is 12.1 Å². The van der Waals surface area contributed by atoms with E-state index in [0.29, 0.717) is 17.2 Å². The Morgan fingerprint density at radius 1 is 1.33 bits per heavy atom. The zero-order chi connectivity index (χ0) is 17.1. The molecule has 1 amide bonds. The molecule has 2 saturated heterocycles. The fourth-order valence-corrected chi connectivity index (χ4v) is 3.37. The Hall–Kier alpha value is -2.15. The minimum atomic E-state index is -0.388. The van der Waals surface area contributed by atoms with Crippen molar-refractivity contribution in [2.45, 2.75) is 32.2 Å². The highest BCUT2D eigenvalue weighted by Gasteiger charge is 2.25. The fraction of sp³-hybridized carbons (Fsp3) is 0.588. The number of carbonyl (C=O) groups is 1. The van der Waals surface area contributed by atoms with Gasteiger partial charge in [0.1, 0.15) is 5.69 Å². The molecular weight excluding hydrogens is 308 g/mol. The second-order valence-corrected chi connectivity index (χ2v) is 6.79. The summed E-state index contributed by atoms with van der Waals surface area (Å²) in [5.74, 6) is 0.413. The van der Waals surface area contributed by atoms with E-state index in [1.165, 1.54) is 6.07 Å². The molecule has 130 valence electrons. The molecule has 2 heterocycles. The van der Waals surface area contributed by atoms with Crippen LogP contribution < -0.4 is 15.5 Å². The number of nitrogens with one attached hydrogen (secondary N) is 2. The van der Waals surface area contributed by atoms with Crippen molar-refractivity contribution in [2.75, 3.05) is 31.1 Å². The SMILES string of the molecule is CC1CCN(c2ccc(C(=O)NC3CCNC3)cc2[N+](=O)[O-])CC1. The predicted molar refractivity (Wildman–Crippen MR) is 92.4 cm³/mol. The molecule has 1 aromatic rings. The van der Waals surface area contributed by atoms with Crippen molar-refractivity contribution in [3.63, 3.8) is 0 Å². The number of nitrogens with zero attached hydrogens (tertiary/aromatic N) is 2. The van der Waals surface area contributed by atoms with Crippen molar-refractivity contribution in [2.24, 2.45) is 5.92 Å². The molecule has 7 heteroatoms. The molecule has 0 saturated carbocycles. The number of carbonyl (C=O) groups excluding carboxylic acids is 1. The molecule has 24 heavy (non-hydrogen) atoms. The summed E-state index contributed by atoms with van der Waals surface area (Å²) in [6.07, 6.45) is 2.96. The molecule has 0 aliphatic carbocycles. The molecule has 2 N–H and O–H groups in total. The lowest BCUT2D eigenvalue weighted by atomic mass is 9.98. The molecule has 0 aromatic heterocycles. The largest absolute Gasteiger partial charge is 0.366 e. The van der Waals surface area contributed by atoms with E-state index in [2.05, 4.69) is 22.5 Å². The van der Waals surface area contributed by atoms with Crippen molar-refractivity contribution in [1.82, 2.24) is 10.6 Å². The van der Waals surface area contributed by atoms with Crippen LogP contribution in [0.2, 0.25) is 0 Å². The summed E-state index contributed by atoms with van der Waals surface area (Å²) >= 11 is 0. The second kappa shape index (κ2) is 7.17. The number of amides is 1. The highest BCUT2D eigenvalue weighted by Crippen LogP contribution is 2.32. The van der Waals surface area contributed by atoms with Crippen LogP contribution in [0.25, 0.3) is 0 Å². The Labute approximate surface area is 141 Å². The normalized spacial score (nSPS) is 21.7. The number of hydrogen-bond acceptors (Lipinski definition) is 5. The topological polar surface area (TPSA) is 87.5 Å². The van der Waals surface area contributed by atoms with E-state index < -0.39 is 0 Å². The molecule has 0 radical (unpaired) electrons. The van der Waals surface area contributed by atoms with E-state index in [9.17, 15) is 14.9 Å². The molecule has 0 spiro atoms. The van der Waals surface area contributed by atoms with Crippen LogP contribution in [0.5, 0.6) is 0 Å². The van der Waals surface area contributed by atoms with Gasteiger partial charge in [-0.2, -0.15) is 0 Å². The van der Waals surface area contributed by atoms with Crippen LogP contribution in [0.1, 0.15) is 36.5 Å². The van der Waals surface area contributed by atoms with E-state index in [4.69, 9.17) is 0 Å². The molecule has 2 aliphatic heterocycles. The van der Waals surface area contributed by atoms with Gasteiger partial charge in [-0.25, -0.2) is 0 Å². The minimum Gasteiger partial charge on any atom is -0.366 e. The highest BCUT2D eigenvalue weighted by molar-refractivity contribution is 5.96. The number of rotatable bonds is 4. The van der Waals surface area contributed by atoms with Crippen LogP contribution in [0, 0.1) is 16.0 Å². The van der Waals surface area contributed by atoms with Gasteiger partial charge in [0.2, 0.25) is 0 Å². The van der Waals surface area contributed by atoms with E-state index in [1.807, 2.05) is 0 Å². The number of hydrogen-bond donors (Lipinski definition) is 2. The van der Waals surface area contributed by atoms with Crippen LogP contribution in [0.3, 0.4) is 0 Å². The maximum absolute atomic E-state index is 12.3. The maximum atomic E-state index is 12.3. The molecule has 2 fully saturated rings. The third kappa shape index (κ3) is 3.67.